The number of carbonyl (C=O) groups excluding carboxylic acids is 1. The summed E-state index contributed by atoms with van der Waals surface area (Å²) in [4.78, 5) is 25.9. The quantitative estimate of drug-likeness (QED) is 0.209. The molecule has 0 radical (unpaired) electrons. The second kappa shape index (κ2) is 9.73. The molecule has 0 unspecified atom stereocenters. The average molecular weight is 418 g/mol. The van der Waals surface area contributed by atoms with Gasteiger partial charge in [-0.1, -0.05) is 19.1 Å². The molecule has 0 aliphatic carbocycles. The highest BCUT2D eigenvalue weighted by atomic mass is 32.2. The molecule has 8 heteroatoms. The van der Waals surface area contributed by atoms with Crippen LogP contribution in [0.2, 0.25) is 0 Å². The fourth-order valence-electron chi connectivity index (χ4n) is 3.40. The van der Waals surface area contributed by atoms with E-state index >= 15 is 0 Å². The van der Waals surface area contributed by atoms with E-state index in [0.29, 0.717) is 22.3 Å². The number of nitrogens with zero attached hydrogens (tertiary/aromatic N) is 2. The largest absolute Gasteiger partial charge is 0.461 e. The first kappa shape index (κ1) is 21.1. The molecule has 6 nitrogen and oxygen atoms in total. The highest BCUT2D eigenvalue weighted by molar-refractivity contribution is 7.99. The molecular formula is C21H23FN2O4S. The van der Waals surface area contributed by atoms with Crippen LogP contribution in [-0.4, -0.2) is 36.3 Å². The van der Waals surface area contributed by atoms with Crippen molar-refractivity contribution in [3.05, 3.63) is 64.0 Å². The summed E-state index contributed by atoms with van der Waals surface area (Å²) >= 11 is 1.25. The highest BCUT2D eigenvalue weighted by Crippen LogP contribution is 2.32. The second-order valence-corrected chi connectivity index (χ2v) is 8.21. The number of hydrogen-bond acceptors (Lipinski definition) is 6. The van der Waals surface area contributed by atoms with Crippen molar-refractivity contribution >= 4 is 29.1 Å². The third-order valence-corrected chi connectivity index (χ3v) is 5.83. The lowest BCUT2D eigenvalue weighted by Crippen LogP contribution is -2.34. The van der Waals surface area contributed by atoms with Gasteiger partial charge in [-0.2, -0.15) is 0 Å². The molecule has 1 saturated heterocycles. The summed E-state index contributed by atoms with van der Waals surface area (Å²) < 4.78 is 18.8. The maximum atomic E-state index is 13.6. The Hall–Kier alpha value is -2.61. The van der Waals surface area contributed by atoms with Crippen LogP contribution in [0.5, 0.6) is 0 Å². The first-order chi connectivity index (χ1) is 14.0. The third-order valence-electron chi connectivity index (χ3n) is 4.82. The smallest absolute Gasteiger partial charge is 0.338 e. The number of ether oxygens (including phenoxy) is 1. The molecule has 154 valence electrons. The van der Waals surface area contributed by atoms with Gasteiger partial charge in [0.05, 0.1) is 10.5 Å². The monoisotopic (exact) mass is 418 g/mol. The second-order valence-electron chi connectivity index (χ2n) is 7.07. The van der Waals surface area contributed by atoms with Crippen LogP contribution in [0.15, 0.2) is 47.4 Å². The molecule has 0 spiro atoms. The molecule has 2 aromatic carbocycles. The van der Waals surface area contributed by atoms with Crippen LogP contribution >= 0.6 is 11.8 Å². The number of benzene rings is 2. The molecule has 0 amide bonds. The Kier molecular flexibility index (Phi) is 7.09. The summed E-state index contributed by atoms with van der Waals surface area (Å²) in [5.41, 5.74) is 0.587. The molecule has 0 saturated carbocycles. The zero-order chi connectivity index (χ0) is 20.8. The number of nitro benzene ring substituents is 1. The van der Waals surface area contributed by atoms with Crippen LogP contribution in [0, 0.1) is 21.8 Å². The lowest BCUT2D eigenvalue weighted by atomic mass is 9.99. The van der Waals surface area contributed by atoms with Gasteiger partial charge in [0.1, 0.15) is 18.1 Å². The standard InChI is InChI=1S/C21H23FN2O4S/c1-15-5-4-10-23(14-15)18-9-8-16(13-19(18)24(26)27)21(25)28-11-12-29-20-7-3-2-6-17(20)22/h2-3,6-9,13,15H,4-5,10-12,14H2,1H3/t15-/m0/s1. The van der Waals surface area contributed by atoms with Gasteiger partial charge in [-0.05, 0) is 43.0 Å². The lowest BCUT2D eigenvalue weighted by Gasteiger charge is -2.32. The lowest BCUT2D eigenvalue weighted by molar-refractivity contribution is -0.384. The zero-order valence-corrected chi connectivity index (χ0v) is 17.0. The summed E-state index contributed by atoms with van der Waals surface area (Å²) in [6.45, 7) is 3.74. The van der Waals surface area contributed by atoms with Gasteiger partial charge >= 0.3 is 5.97 Å². The van der Waals surface area contributed by atoms with Gasteiger partial charge in [-0.3, -0.25) is 10.1 Å². The molecule has 29 heavy (non-hydrogen) atoms. The number of thioether (sulfide) groups is 1. The summed E-state index contributed by atoms with van der Waals surface area (Å²) in [6.07, 6.45) is 2.10. The van der Waals surface area contributed by atoms with Crippen molar-refractivity contribution in [3.63, 3.8) is 0 Å². The van der Waals surface area contributed by atoms with Gasteiger partial charge < -0.3 is 9.64 Å². The van der Waals surface area contributed by atoms with Gasteiger partial charge in [0.25, 0.3) is 5.69 Å². The van der Waals surface area contributed by atoms with Crippen molar-refractivity contribution in [2.24, 2.45) is 5.92 Å². The molecule has 0 bridgehead atoms. The maximum Gasteiger partial charge on any atom is 0.338 e. The van der Waals surface area contributed by atoms with Gasteiger partial charge in [0.2, 0.25) is 0 Å². The molecule has 1 heterocycles. The molecule has 1 fully saturated rings. The van der Waals surface area contributed by atoms with Crippen molar-refractivity contribution in [1.82, 2.24) is 0 Å². The Bertz CT molecular complexity index is 893. The maximum absolute atomic E-state index is 13.6. The molecule has 3 rings (SSSR count). The number of halogens is 1. The number of carbonyl (C=O) groups is 1. The van der Waals surface area contributed by atoms with Crippen molar-refractivity contribution in [3.8, 4) is 0 Å². The summed E-state index contributed by atoms with van der Waals surface area (Å²) in [7, 11) is 0. The third kappa shape index (κ3) is 5.47. The molecular weight excluding hydrogens is 395 g/mol. The van der Waals surface area contributed by atoms with Gasteiger partial charge in [-0.15, -0.1) is 11.8 Å². The van der Waals surface area contributed by atoms with E-state index in [0.717, 1.165) is 25.9 Å². The van der Waals surface area contributed by atoms with Crippen molar-refractivity contribution in [1.29, 1.82) is 0 Å². The molecule has 1 aliphatic heterocycles. The number of anilines is 1. The van der Waals surface area contributed by atoms with E-state index in [1.165, 1.54) is 23.9 Å². The predicted octanol–water partition coefficient (Wildman–Crippen LogP) is 4.92. The summed E-state index contributed by atoms with van der Waals surface area (Å²) in [6, 6.07) is 10.8. The first-order valence-electron chi connectivity index (χ1n) is 9.53. The van der Waals surface area contributed by atoms with E-state index in [1.807, 2.05) is 4.90 Å². The Morgan fingerprint density at radius 3 is 2.86 bits per heavy atom. The van der Waals surface area contributed by atoms with Crippen LogP contribution in [0.3, 0.4) is 0 Å². The van der Waals surface area contributed by atoms with Crippen molar-refractivity contribution < 1.29 is 18.8 Å². The minimum atomic E-state index is -0.624. The number of hydrogen-bond donors (Lipinski definition) is 0. The van der Waals surface area contributed by atoms with Crippen LogP contribution in [-0.2, 0) is 4.74 Å². The van der Waals surface area contributed by atoms with E-state index in [-0.39, 0.29) is 23.7 Å². The zero-order valence-electron chi connectivity index (χ0n) is 16.2. The number of rotatable bonds is 7. The van der Waals surface area contributed by atoms with E-state index in [4.69, 9.17) is 4.74 Å². The summed E-state index contributed by atoms with van der Waals surface area (Å²) in [5, 5.41) is 11.6. The van der Waals surface area contributed by atoms with E-state index < -0.39 is 10.9 Å². The van der Waals surface area contributed by atoms with E-state index in [2.05, 4.69) is 6.92 Å². The normalized spacial score (nSPS) is 16.5. The molecule has 0 aromatic heterocycles. The SMILES string of the molecule is C[C@H]1CCCN(c2ccc(C(=O)OCCSc3ccccc3F)cc2[N+](=O)[O-])C1. The fraction of sp³-hybridized carbons (Fsp3) is 0.381. The minimum Gasteiger partial charge on any atom is -0.461 e. The highest BCUT2D eigenvalue weighted by Gasteiger charge is 2.25. The predicted molar refractivity (Wildman–Crippen MR) is 111 cm³/mol. The number of esters is 1. The molecule has 1 atom stereocenters. The van der Waals surface area contributed by atoms with E-state index in [9.17, 15) is 19.3 Å². The first-order valence-corrected chi connectivity index (χ1v) is 10.5. The number of nitro groups is 1. The fourth-order valence-corrected chi connectivity index (χ4v) is 4.17. The van der Waals surface area contributed by atoms with Gasteiger partial charge in [-0.25, -0.2) is 9.18 Å². The topological polar surface area (TPSA) is 72.7 Å². The van der Waals surface area contributed by atoms with Crippen LogP contribution in [0.1, 0.15) is 30.1 Å². The van der Waals surface area contributed by atoms with Crippen LogP contribution in [0.4, 0.5) is 15.8 Å². The molecule has 0 N–H and O–H groups in total. The summed E-state index contributed by atoms with van der Waals surface area (Å²) in [5.74, 6) is -0.0822. The van der Waals surface area contributed by atoms with E-state index in [1.54, 1.807) is 30.3 Å². The van der Waals surface area contributed by atoms with Crippen molar-refractivity contribution in [2.45, 2.75) is 24.7 Å². The Labute approximate surface area is 173 Å². The Morgan fingerprint density at radius 1 is 1.34 bits per heavy atom. The van der Waals surface area contributed by atoms with Crippen LogP contribution < -0.4 is 4.90 Å². The van der Waals surface area contributed by atoms with Gasteiger partial charge in [0.15, 0.2) is 0 Å². The molecule has 1 aliphatic rings. The van der Waals surface area contributed by atoms with Gasteiger partial charge in [0, 0.05) is 29.8 Å². The molecule has 2 aromatic rings. The number of piperidine rings is 1. The van der Waals surface area contributed by atoms with Crippen LogP contribution in [0.25, 0.3) is 0 Å². The average Bonchev–Trinajstić information content (AvgIpc) is 2.71. The van der Waals surface area contributed by atoms with Crippen molar-refractivity contribution in [2.75, 3.05) is 30.3 Å². The minimum absolute atomic E-state index is 0.0804. The Balaban J connectivity index is 1.62. The Morgan fingerprint density at radius 2 is 2.14 bits per heavy atom.